The van der Waals surface area contributed by atoms with Crippen LogP contribution in [0.2, 0.25) is 0 Å². The summed E-state index contributed by atoms with van der Waals surface area (Å²) in [5.41, 5.74) is 0.910. The molecule has 18 heavy (non-hydrogen) atoms. The number of rotatable bonds is 5. The predicted octanol–water partition coefficient (Wildman–Crippen LogP) is 1.67. The van der Waals surface area contributed by atoms with Gasteiger partial charge in [-0.1, -0.05) is 12.1 Å². The lowest BCUT2D eigenvalue weighted by Crippen LogP contribution is -2.48. The van der Waals surface area contributed by atoms with Gasteiger partial charge in [0.1, 0.15) is 11.2 Å². The third kappa shape index (κ3) is 2.81. The molecule has 1 fully saturated rings. The maximum Gasteiger partial charge on any atom is 0.118 e. The van der Waals surface area contributed by atoms with E-state index in [4.69, 9.17) is 14.7 Å². The number of nitrogens with zero attached hydrogens (tertiary/aromatic N) is 2. The summed E-state index contributed by atoms with van der Waals surface area (Å²) in [5, 5.41) is 9.15. The van der Waals surface area contributed by atoms with Crippen molar-refractivity contribution in [3.05, 3.63) is 29.8 Å². The number of methoxy groups -OCH3 is 1. The van der Waals surface area contributed by atoms with E-state index in [1.807, 2.05) is 31.3 Å². The van der Waals surface area contributed by atoms with E-state index in [1.165, 1.54) is 5.56 Å². The van der Waals surface area contributed by atoms with Crippen molar-refractivity contribution in [2.45, 2.75) is 6.54 Å². The first-order valence-corrected chi connectivity index (χ1v) is 5.98. The molecule has 0 radical (unpaired) electrons. The van der Waals surface area contributed by atoms with Crippen molar-refractivity contribution in [3.63, 3.8) is 0 Å². The smallest absolute Gasteiger partial charge is 0.118 e. The quantitative estimate of drug-likeness (QED) is 0.792. The van der Waals surface area contributed by atoms with Gasteiger partial charge in [0, 0.05) is 13.1 Å². The van der Waals surface area contributed by atoms with Gasteiger partial charge in [-0.25, -0.2) is 0 Å². The van der Waals surface area contributed by atoms with Gasteiger partial charge in [0.05, 0.1) is 26.4 Å². The van der Waals surface area contributed by atoms with Crippen molar-refractivity contribution >= 4 is 0 Å². The molecule has 4 nitrogen and oxygen atoms in total. The monoisotopic (exact) mass is 246 g/mol. The van der Waals surface area contributed by atoms with E-state index in [2.05, 4.69) is 11.0 Å². The van der Waals surface area contributed by atoms with Crippen molar-refractivity contribution in [2.24, 2.45) is 5.41 Å². The maximum atomic E-state index is 9.15. The van der Waals surface area contributed by atoms with E-state index in [1.54, 1.807) is 7.11 Å². The van der Waals surface area contributed by atoms with Gasteiger partial charge in [-0.3, -0.25) is 0 Å². The number of benzene rings is 1. The van der Waals surface area contributed by atoms with E-state index in [0.29, 0.717) is 13.2 Å². The molecule has 1 aromatic rings. The molecule has 0 bridgehead atoms. The Morgan fingerprint density at radius 3 is 2.50 bits per heavy atom. The van der Waals surface area contributed by atoms with Crippen LogP contribution in [0.25, 0.3) is 0 Å². The first-order chi connectivity index (χ1) is 8.67. The molecule has 0 aliphatic carbocycles. The van der Waals surface area contributed by atoms with Gasteiger partial charge in [0.25, 0.3) is 0 Å². The lowest BCUT2D eigenvalue weighted by atomic mass is 9.87. The zero-order valence-electron chi connectivity index (χ0n) is 10.8. The fourth-order valence-corrected chi connectivity index (χ4v) is 2.15. The molecular weight excluding hydrogens is 228 g/mol. The van der Waals surface area contributed by atoms with Crippen LogP contribution in [-0.2, 0) is 11.3 Å². The van der Waals surface area contributed by atoms with Gasteiger partial charge in [0.2, 0.25) is 0 Å². The van der Waals surface area contributed by atoms with Crippen molar-refractivity contribution in [3.8, 4) is 11.8 Å². The SMILES string of the molecule is COc1ccc(CN(C)CC2(C#N)COC2)cc1. The van der Waals surface area contributed by atoms with Crippen LogP contribution < -0.4 is 4.74 Å². The second-order valence-corrected chi connectivity index (χ2v) is 4.91. The largest absolute Gasteiger partial charge is 0.497 e. The molecule has 2 rings (SSSR count). The van der Waals surface area contributed by atoms with Crippen molar-refractivity contribution in [1.82, 2.24) is 4.90 Å². The van der Waals surface area contributed by atoms with Crippen molar-refractivity contribution in [2.75, 3.05) is 33.9 Å². The highest BCUT2D eigenvalue weighted by Crippen LogP contribution is 2.27. The fourth-order valence-electron chi connectivity index (χ4n) is 2.15. The summed E-state index contributed by atoms with van der Waals surface area (Å²) in [6.45, 7) is 2.68. The summed E-state index contributed by atoms with van der Waals surface area (Å²) in [4.78, 5) is 2.16. The third-order valence-corrected chi connectivity index (χ3v) is 3.18. The maximum absolute atomic E-state index is 9.15. The molecular formula is C14H18N2O2. The summed E-state index contributed by atoms with van der Waals surface area (Å²) in [6, 6.07) is 10.4. The van der Waals surface area contributed by atoms with Gasteiger partial charge < -0.3 is 14.4 Å². The highest BCUT2D eigenvalue weighted by molar-refractivity contribution is 5.27. The summed E-state index contributed by atoms with van der Waals surface area (Å²) in [7, 11) is 3.69. The van der Waals surface area contributed by atoms with E-state index >= 15 is 0 Å². The molecule has 0 amide bonds. The van der Waals surface area contributed by atoms with Crippen LogP contribution in [0.15, 0.2) is 24.3 Å². The van der Waals surface area contributed by atoms with E-state index in [9.17, 15) is 0 Å². The Hall–Kier alpha value is -1.57. The van der Waals surface area contributed by atoms with E-state index in [-0.39, 0.29) is 5.41 Å². The number of nitriles is 1. The normalized spacial score (nSPS) is 17.0. The molecule has 96 valence electrons. The Bertz CT molecular complexity index is 432. The van der Waals surface area contributed by atoms with E-state index in [0.717, 1.165) is 18.8 Å². The molecule has 0 spiro atoms. The zero-order valence-corrected chi connectivity index (χ0v) is 10.8. The number of hydrogen-bond donors (Lipinski definition) is 0. The van der Waals surface area contributed by atoms with Gasteiger partial charge in [-0.05, 0) is 24.7 Å². The Morgan fingerprint density at radius 1 is 1.39 bits per heavy atom. The Morgan fingerprint density at radius 2 is 2.06 bits per heavy atom. The molecule has 1 saturated heterocycles. The molecule has 1 heterocycles. The number of hydrogen-bond acceptors (Lipinski definition) is 4. The molecule has 1 aromatic carbocycles. The minimum absolute atomic E-state index is 0.304. The van der Waals surface area contributed by atoms with Crippen LogP contribution in [0.1, 0.15) is 5.56 Å². The summed E-state index contributed by atoms with van der Waals surface area (Å²) in [6.07, 6.45) is 0. The first-order valence-electron chi connectivity index (χ1n) is 5.98. The first kappa shape index (κ1) is 12.9. The number of ether oxygens (including phenoxy) is 2. The highest BCUT2D eigenvalue weighted by atomic mass is 16.5. The standard InChI is InChI=1S/C14H18N2O2/c1-16(9-14(8-15)10-18-11-14)7-12-3-5-13(17-2)6-4-12/h3-6H,7,9-11H2,1-2H3. The minimum atomic E-state index is -0.304. The van der Waals surface area contributed by atoms with Crippen LogP contribution in [0.5, 0.6) is 5.75 Å². The third-order valence-electron chi connectivity index (χ3n) is 3.18. The van der Waals surface area contributed by atoms with Crippen LogP contribution in [0.3, 0.4) is 0 Å². The van der Waals surface area contributed by atoms with E-state index < -0.39 is 0 Å². The van der Waals surface area contributed by atoms with Gasteiger partial charge in [0.15, 0.2) is 0 Å². The fraction of sp³-hybridized carbons (Fsp3) is 0.500. The Balaban J connectivity index is 1.90. The van der Waals surface area contributed by atoms with Gasteiger partial charge in [-0.15, -0.1) is 0 Å². The lowest BCUT2D eigenvalue weighted by Gasteiger charge is -2.38. The Labute approximate surface area is 108 Å². The Kier molecular flexibility index (Phi) is 3.85. The zero-order chi connectivity index (χ0) is 13.0. The lowest BCUT2D eigenvalue weighted by molar-refractivity contribution is -0.0895. The summed E-state index contributed by atoms with van der Waals surface area (Å²) in [5.74, 6) is 0.863. The molecule has 0 unspecified atom stereocenters. The molecule has 0 saturated carbocycles. The molecule has 1 aliphatic rings. The summed E-state index contributed by atoms with van der Waals surface area (Å²) >= 11 is 0. The molecule has 1 aliphatic heterocycles. The molecule has 4 heteroatoms. The average molecular weight is 246 g/mol. The van der Waals surface area contributed by atoms with Crippen molar-refractivity contribution in [1.29, 1.82) is 5.26 Å². The second-order valence-electron chi connectivity index (χ2n) is 4.91. The molecule has 0 aromatic heterocycles. The topological polar surface area (TPSA) is 45.5 Å². The van der Waals surface area contributed by atoms with Crippen LogP contribution in [0.4, 0.5) is 0 Å². The summed E-state index contributed by atoms with van der Waals surface area (Å²) < 4.78 is 10.3. The molecule has 0 atom stereocenters. The molecule has 0 N–H and O–H groups in total. The van der Waals surface area contributed by atoms with Crippen LogP contribution in [-0.4, -0.2) is 38.8 Å². The highest BCUT2D eigenvalue weighted by Gasteiger charge is 2.39. The van der Waals surface area contributed by atoms with Gasteiger partial charge >= 0.3 is 0 Å². The second kappa shape index (κ2) is 5.38. The minimum Gasteiger partial charge on any atom is -0.497 e. The van der Waals surface area contributed by atoms with Crippen molar-refractivity contribution < 1.29 is 9.47 Å². The van der Waals surface area contributed by atoms with Crippen LogP contribution in [0, 0.1) is 16.7 Å². The van der Waals surface area contributed by atoms with Gasteiger partial charge in [-0.2, -0.15) is 5.26 Å². The van der Waals surface area contributed by atoms with Crippen LogP contribution >= 0.6 is 0 Å². The predicted molar refractivity (Wildman–Crippen MR) is 68.2 cm³/mol. The average Bonchev–Trinajstić information content (AvgIpc) is 2.35.